The number of rotatable bonds is 6. The third-order valence-electron chi connectivity index (χ3n) is 6.18. The summed E-state index contributed by atoms with van der Waals surface area (Å²) in [5.74, 6) is 1.64. The van der Waals surface area contributed by atoms with E-state index in [0.29, 0.717) is 24.6 Å². The molecule has 1 atom stereocenters. The Hall–Kier alpha value is -3.29. The number of nitrogens with one attached hydrogen (secondary N) is 1. The SMILES string of the molecule is COc1ccccc1-c1cnn2ccc(NCC3(C(C)C)CCCN3C(=O)O)nc12. The fourth-order valence-electron chi connectivity index (χ4n) is 4.44. The van der Waals surface area contributed by atoms with E-state index >= 15 is 0 Å². The van der Waals surface area contributed by atoms with Crippen molar-refractivity contribution < 1.29 is 14.6 Å². The predicted molar refractivity (Wildman–Crippen MR) is 115 cm³/mol. The van der Waals surface area contributed by atoms with Crippen LogP contribution in [0.4, 0.5) is 10.6 Å². The summed E-state index contributed by atoms with van der Waals surface area (Å²) in [6, 6.07) is 9.63. The number of hydrogen-bond donors (Lipinski definition) is 2. The van der Waals surface area contributed by atoms with Gasteiger partial charge < -0.3 is 20.1 Å². The summed E-state index contributed by atoms with van der Waals surface area (Å²) in [4.78, 5) is 18.2. The van der Waals surface area contributed by atoms with E-state index in [9.17, 15) is 9.90 Å². The molecule has 0 aliphatic carbocycles. The first-order chi connectivity index (χ1) is 14.5. The minimum Gasteiger partial charge on any atom is -0.496 e. The van der Waals surface area contributed by atoms with Crippen LogP contribution in [-0.4, -0.2) is 56.4 Å². The zero-order valence-corrected chi connectivity index (χ0v) is 17.5. The molecule has 158 valence electrons. The molecule has 1 aromatic carbocycles. The Balaban J connectivity index is 1.65. The van der Waals surface area contributed by atoms with Gasteiger partial charge in [-0.1, -0.05) is 32.0 Å². The van der Waals surface area contributed by atoms with E-state index in [2.05, 4.69) is 24.3 Å². The molecule has 1 unspecified atom stereocenters. The van der Waals surface area contributed by atoms with Gasteiger partial charge in [-0.2, -0.15) is 5.10 Å². The van der Waals surface area contributed by atoms with E-state index in [0.717, 1.165) is 29.7 Å². The van der Waals surface area contributed by atoms with Crippen LogP contribution in [0.25, 0.3) is 16.8 Å². The first-order valence-corrected chi connectivity index (χ1v) is 10.2. The molecular weight excluding hydrogens is 382 g/mol. The molecule has 8 heteroatoms. The summed E-state index contributed by atoms with van der Waals surface area (Å²) in [6.45, 7) is 5.24. The monoisotopic (exact) mass is 409 g/mol. The normalized spacial score (nSPS) is 18.9. The fourth-order valence-corrected chi connectivity index (χ4v) is 4.44. The van der Waals surface area contributed by atoms with Gasteiger partial charge in [-0.3, -0.25) is 0 Å². The van der Waals surface area contributed by atoms with E-state index in [4.69, 9.17) is 9.72 Å². The van der Waals surface area contributed by atoms with Crippen LogP contribution in [0.5, 0.6) is 5.75 Å². The standard InChI is InChI=1S/C22H27N5O3/c1-15(2)22(10-6-11-26(22)21(28)29)14-23-19-9-12-27-20(25-19)17(13-24-27)16-7-4-5-8-18(16)30-3/h4-5,7-9,12-13,15H,6,10-11,14H2,1-3H3,(H,23,25)(H,28,29). The number of hydrogen-bond acceptors (Lipinski definition) is 5. The lowest BCUT2D eigenvalue weighted by atomic mass is 9.83. The molecule has 8 nitrogen and oxygen atoms in total. The van der Waals surface area contributed by atoms with Crippen LogP contribution in [0.3, 0.4) is 0 Å². The third-order valence-corrected chi connectivity index (χ3v) is 6.18. The van der Waals surface area contributed by atoms with Gasteiger partial charge in [-0.25, -0.2) is 14.3 Å². The summed E-state index contributed by atoms with van der Waals surface area (Å²) < 4.78 is 7.22. The lowest BCUT2D eigenvalue weighted by Crippen LogP contribution is -2.55. The molecule has 2 N–H and O–H groups in total. The van der Waals surface area contributed by atoms with Gasteiger partial charge in [0.15, 0.2) is 5.65 Å². The Morgan fingerprint density at radius 3 is 2.83 bits per heavy atom. The minimum atomic E-state index is -0.860. The summed E-state index contributed by atoms with van der Waals surface area (Å²) in [5, 5.41) is 17.5. The first-order valence-electron chi connectivity index (χ1n) is 10.2. The first kappa shape index (κ1) is 20.0. The maximum atomic E-state index is 11.8. The molecule has 0 saturated carbocycles. The van der Waals surface area contributed by atoms with Crippen molar-refractivity contribution in [3.63, 3.8) is 0 Å². The fraction of sp³-hybridized carbons (Fsp3) is 0.409. The Labute approximate surface area is 175 Å². The average molecular weight is 409 g/mol. The van der Waals surface area contributed by atoms with Crippen LogP contribution in [-0.2, 0) is 0 Å². The molecule has 1 saturated heterocycles. The van der Waals surface area contributed by atoms with Gasteiger partial charge in [-0.05, 0) is 30.9 Å². The Bertz CT molecular complexity index is 1060. The maximum absolute atomic E-state index is 11.8. The lowest BCUT2D eigenvalue weighted by molar-refractivity contribution is 0.0823. The van der Waals surface area contributed by atoms with Crippen LogP contribution in [0.1, 0.15) is 26.7 Å². The number of nitrogens with zero attached hydrogens (tertiary/aromatic N) is 4. The van der Waals surface area contributed by atoms with Crippen LogP contribution in [0.15, 0.2) is 42.7 Å². The smallest absolute Gasteiger partial charge is 0.407 e. The van der Waals surface area contributed by atoms with Crippen LogP contribution in [0, 0.1) is 5.92 Å². The Kier molecular flexibility index (Phi) is 5.24. The largest absolute Gasteiger partial charge is 0.496 e. The number of ether oxygens (including phenoxy) is 1. The number of carboxylic acid groups (broad SMARTS) is 1. The molecule has 3 heterocycles. The predicted octanol–water partition coefficient (Wildman–Crippen LogP) is 3.99. The molecule has 30 heavy (non-hydrogen) atoms. The molecule has 1 fully saturated rings. The van der Waals surface area contributed by atoms with Gasteiger partial charge in [0.05, 0.1) is 24.4 Å². The Morgan fingerprint density at radius 1 is 1.30 bits per heavy atom. The summed E-state index contributed by atoms with van der Waals surface area (Å²) >= 11 is 0. The van der Waals surface area contributed by atoms with Crippen molar-refractivity contribution >= 4 is 17.6 Å². The number of benzene rings is 1. The van der Waals surface area contributed by atoms with E-state index in [1.54, 1.807) is 22.7 Å². The number of methoxy groups -OCH3 is 1. The number of para-hydroxylation sites is 1. The number of aromatic nitrogens is 3. The Morgan fingerprint density at radius 2 is 2.10 bits per heavy atom. The summed E-state index contributed by atoms with van der Waals surface area (Å²) in [6.07, 6.45) is 4.49. The third kappa shape index (κ3) is 3.32. The summed E-state index contributed by atoms with van der Waals surface area (Å²) in [7, 11) is 1.64. The molecule has 0 spiro atoms. The second-order valence-corrected chi connectivity index (χ2v) is 7.99. The number of likely N-dealkylation sites (tertiary alicyclic amines) is 1. The number of carbonyl (C=O) groups is 1. The zero-order chi connectivity index (χ0) is 21.3. The zero-order valence-electron chi connectivity index (χ0n) is 17.5. The molecular formula is C22H27N5O3. The molecule has 0 radical (unpaired) electrons. The van der Waals surface area contributed by atoms with Gasteiger partial charge in [0, 0.05) is 24.8 Å². The van der Waals surface area contributed by atoms with Gasteiger partial charge >= 0.3 is 6.09 Å². The van der Waals surface area contributed by atoms with Crippen molar-refractivity contribution in [1.29, 1.82) is 0 Å². The van der Waals surface area contributed by atoms with Gasteiger partial charge in [0.2, 0.25) is 0 Å². The molecule has 1 amide bonds. The van der Waals surface area contributed by atoms with Crippen molar-refractivity contribution in [1.82, 2.24) is 19.5 Å². The van der Waals surface area contributed by atoms with Crippen molar-refractivity contribution in [2.45, 2.75) is 32.2 Å². The number of fused-ring (bicyclic) bond motifs is 1. The number of amides is 1. The topological polar surface area (TPSA) is 92.0 Å². The van der Waals surface area contributed by atoms with Crippen molar-refractivity contribution in [2.24, 2.45) is 5.92 Å². The highest BCUT2D eigenvalue weighted by atomic mass is 16.5. The maximum Gasteiger partial charge on any atom is 0.407 e. The van der Waals surface area contributed by atoms with Crippen molar-refractivity contribution in [3.8, 4) is 16.9 Å². The lowest BCUT2D eigenvalue weighted by Gasteiger charge is -2.40. The molecule has 2 aromatic heterocycles. The number of anilines is 1. The average Bonchev–Trinajstić information content (AvgIpc) is 3.37. The quantitative estimate of drug-likeness (QED) is 0.640. The molecule has 4 rings (SSSR count). The second-order valence-electron chi connectivity index (χ2n) is 7.99. The molecule has 1 aliphatic heterocycles. The second kappa shape index (κ2) is 7.85. The molecule has 1 aliphatic rings. The van der Waals surface area contributed by atoms with E-state index < -0.39 is 11.6 Å². The van der Waals surface area contributed by atoms with Gasteiger partial charge in [0.1, 0.15) is 11.6 Å². The van der Waals surface area contributed by atoms with Gasteiger partial charge in [-0.15, -0.1) is 0 Å². The van der Waals surface area contributed by atoms with E-state index in [-0.39, 0.29) is 5.92 Å². The molecule has 3 aromatic rings. The van der Waals surface area contributed by atoms with Gasteiger partial charge in [0.25, 0.3) is 0 Å². The van der Waals surface area contributed by atoms with Crippen LogP contribution < -0.4 is 10.1 Å². The van der Waals surface area contributed by atoms with Crippen LogP contribution >= 0.6 is 0 Å². The minimum absolute atomic E-state index is 0.187. The van der Waals surface area contributed by atoms with Crippen molar-refractivity contribution in [3.05, 3.63) is 42.7 Å². The highest BCUT2D eigenvalue weighted by Crippen LogP contribution is 2.36. The molecule has 0 bridgehead atoms. The highest BCUT2D eigenvalue weighted by Gasteiger charge is 2.46. The van der Waals surface area contributed by atoms with E-state index in [1.807, 2.05) is 36.5 Å². The van der Waals surface area contributed by atoms with Crippen LogP contribution in [0.2, 0.25) is 0 Å². The highest BCUT2D eigenvalue weighted by molar-refractivity contribution is 5.81. The van der Waals surface area contributed by atoms with Crippen molar-refractivity contribution in [2.75, 3.05) is 25.5 Å². The summed E-state index contributed by atoms with van der Waals surface area (Å²) in [5.41, 5.74) is 2.07. The van der Waals surface area contributed by atoms with E-state index in [1.165, 1.54) is 0 Å².